The zero-order chi connectivity index (χ0) is 15.7. The number of amides is 2. The fourth-order valence-corrected chi connectivity index (χ4v) is 4.22. The second-order valence-corrected chi connectivity index (χ2v) is 7.23. The van der Waals surface area contributed by atoms with Crippen molar-refractivity contribution in [3.8, 4) is 11.6 Å². The van der Waals surface area contributed by atoms with Crippen molar-refractivity contribution in [3.63, 3.8) is 0 Å². The minimum Gasteiger partial charge on any atom is -0.489 e. The van der Waals surface area contributed by atoms with E-state index in [0.29, 0.717) is 0 Å². The molecule has 2 aliphatic rings. The van der Waals surface area contributed by atoms with E-state index in [1.165, 1.54) is 20.5 Å². The van der Waals surface area contributed by atoms with Gasteiger partial charge in [-0.15, -0.1) is 0 Å². The topological polar surface area (TPSA) is 108 Å². The number of rotatable bonds is 6. The van der Waals surface area contributed by atoms with Crippen LogP contribution in [0.1, 0.15) is 0 Å². The Morgan fingerprint density at radius 1 is 1.18 bits per heavy atom. The molecule has 0 unspecified atom stereocenters. The predicted molar refractivity (Wildman–Crippen MR) is 78.0 cm³/mol. The van der Waals surface area contributed by atoms with Crippen molar-refractivity contribution < 1.29 is 18.8 Å². The highest BCUT2D eigenvalue weighted by Crippen LogP contribution is 2.56. The van der Waals surface area contributed by atoms with Crippen LogP contribution in [-0.2, 0) is 4.57 Å². The molecule has 0 atom stereocenters. The first-order valence-electron chi connectivity index (χ1n) is 6.71. The fourth-order valence-electron chi connectivity index (χ4n) is 2.00. The Labute approximate surface area is 127 Å². The molecular formula is C11H17N6O4P. The molecule has 0 bridgehead atoms. The molecule has 11 heteroatoms. The third kappa shape index (κ3) is 2.85. The van der Waals surface area contributed by atoms with E-state index in [4.69, 9.17) is 9.47 Å². The van der Waals surface area contributed by atoms with Crippen LogP contribution < -0.4 is 19.9 Å². The number of anilines is 1. The molecule has 2 amide bonds. The fraction of sp³-hybridized carbons (Fsp3) is 0.545. The van der Waals surface area contributed by atoms with Gasteiger partial charge in [0.05, 0.1) is 14.2 Å². The second-order valence-electron chi connectivity index (χ2n) is 4.78. The normalized spacial score (nSPS) is 17.7. The zero-order valence-electron chi connectivity index (χ0n) is 12.3. The monoisotopic (exact) mass is 328 g/mol. The average molecular weight is 328 g/mol. The number of hydrogen-bond donors (Lipinski definition) is 2. The van der Waals surface area contributed by atoms with Gasteiger partial charge in [0, 0.05) is 26.2 Å². The summed E-state index contributed by atoms with van der Waals surface area (Å²) in [5, 5.41) is 5.08. The van der Waals surface area contributed by atoms with Crippen LogP contribution >= 0.6 is 7.59 Å². The van der Waals surface area contributed by atoms with Gasteiger partial charge in [-0.2, -0.15) is 4.98 Å². The molecule has 0 radical (unpaired) electrons. The van der Waals surface area contributed by atoms with Gasteiger partial charge in [0.1, 0.15) is 6.33 Å². The first kappa shape index (κ1) is 15.0. The number of urea groups is 1. The molecule has 10 nitrogen and oxygen atoms in total. The van der Waals surface area contributed by atoms with Crippen LogP contribution in [0.5, 0.6) is 11.6 Å². The molecule has 0 aromatic carbocycles. The van der Waals surface area contributed by atoms with Crippen molar-refractivity contribution in [1.29, 1.82) is 0 Å². The summed E-state index contributed by atoms with van der Waals surface area (Å²) < 4.78 is 26.5. The Bertz CT molecular complexity index is 617. The number of aromatic nitrogens is 2. The standard InChI is InChI=1S/C11H17N6O4P/c1-20-8-9(12-7-13-10(8)21-2)14-11(18)15-22(19,16-3-4-16)17-5-6-17/h7H,3-6H2,1-2H3,(H2,12,13,14,15,18,19). The highest BCUT2D eigenvalue weighted by atomic mass is 31.2. The maximum atomic E-state index is 12.8. The van der Waals surface area contributed by atoms with Crippen LogP contribution in [-0.4, -0.2) is 65.7 Å². The number of carbonyl (C=O) groups is 1. The van der Waals surface area contributed by atoms with E-state index in [9.17, 15) is 9.36 Å². The largest absolute Gasteiger partial charge is 0.489 e. The summed E-state index contributed by atoms with van der Waals surface area (Å²) in [4.78, 5) is 20.0. The van der Waals surface area contributed by atoms with E-state index >= 15 is 0 Å². The number of hydrogen-bond acceptors (Lipinski definition) is 6. The number of carbonyl (C=O) groups excluding carboxylic acids is 1. The summed E-state index contributed by atoms with van der Waals surface area (Å²) >= 11 is 0. The molecule has 2 saturated heterocycles. The Balaban J connectivity index is 1.73. The summed E-state index contributed by atoms with van der Waals surface area (Å²) in [6.45, 7) is 2.88. The van der Waals surface area contributed by atoms with Crippen LogP contribution in [0.25, 0.3) is 0 Å². The first-order valence-corrected chi connectivity index (χ1v) is 8.33. The quantitative estimate of drug-likeness (QED) is 0.569. The van der Waals surface area contributed by atoms with Gasteiger partial charge in [-0.3, -0.25) is 15.0 Å². The number of ether oxygens (including phenoxy) is 2. The number of nitrogens with one attached hydrogen (secondary N) is 2. The van der Waals surface area contributed by atoms with Crippen molar-refractivity contribution >= 4 is 19.4 Å². The van der Waals surface area contributed by atoms with Gasteiger partial charge in [0.15, 0.2) is 5.82 Å². The molecule has 22 heavy (non-hydrogen) atoms. The maximum Gasteiger partial charge on any atom is 0.327 e. The number of methoxy groups -OCH3 is 2. The van der Waals surface area contributed by atoms with E-state index in [1.807, 2.05) is 0 Å². The van der Waals surface area contributed by atoms with E-state index in [2.05, 4.69) is 20.4 Å². The second kappa shape index (κ2) is 5.71. The summed E-state index contributed by atoms with van der Waals surface area (Å²) in [5.41, 5.74) is 0. The zero-order valence-corrected chi connectivity index (χ0v) is 13.2. The summed E-state index contributed by atoms with van der Waals surface area (Å²) in [6, 6.07) is -0.610. The summed E-state index contributed by atoms with van der Waals surface area (Å²) in [6.07, 6.45) is 1.24. The third-order valence-corrected chi connectivity index (χ3v) is 6.09. The van der Waals surface area contributed by atoms with Crippen LogP contribution in [0.2, 0.25) is 0 Å². The van der Waals surface area contributed by atoms with Crippen LogP contribution in [0, 0.1) is 0 Å². The van der Waals surface area contributed by atoms with Crippen molar-refractivity contribution in [2.45, 2.75) is 0 Å². The van der Waals surface area contributed by atoms with Gasteiger partial charge < -0.3 is 9.47 Å². The summed E-state index contributed by atoms with van der Waals surface area (Å²) in [5.74, 6) is 0.552. The van der Waals surface area contributed by atoms with Crippen LogP contribution in [0.15, 0.2) is 6.33 Å². The van der Waals surface area contributed by atoms with Gasteiger partial charge >= 0.3 is 13.6 Å². The van der Waals surface area contributed by atoms with Crippen LogP contribution in [0.4, 0.5) is 10.6 Å². The molecule has 0 saturated carbocycles. The first-order chi connectivity index (χ1) is 10.6. The van der Waals surface area contributed by atoms with E-state index in [1.54, 1.807) is 9.34 Å². The molecule has 3 heterocycles. The number of nitrogens with zero attached hydrogens (tertiary/aromatic N) is 4. The van der Waals surface area contributed by atoms with E-state index < -0.39 is 13.6 Å². The lowest BCUT2D eigenvalue weighted by Gasteiger charge is -2.21. The van der Waals surface area contributed by atoms with Gasteiger partial charge in [-0.05, 0) is 0 Å². The molecule has 120 valence electrons. The molecule has 2 aliphatic heterocycles. The van der Waals surface area contributed by atoms with Crippen molar-refractivity contribution in [2.24, 2.45) is 0 Å². The van der Waals surface area contributed by atoms with Gasteiger partial charge in [-0.1, -0.05) is 0 Å². The molecule has 1 aromatic heterocycles. The van der Waals surface area contributed by atoms with E-state index in [-0.39, 0.29) is 17.4 Å². The molecule has 2 fully saturated rings. The van der Waals surface area contributed by atoms with Crippen LogP contribution in [0.3, 0.4) is 0 Å². The Hall–Kier alpha value is -1.90. The van der Waals surface area contributed by atoms with Crippen molar-refractivity contribution in [3.05, 3.63) is 6.33 Å². The lowest BCUT2D eigenvalue weighted by atomic mass is 10.5. The third-order valence-electron chi connectivity index (χ3n) is 3.26. The SMILES string of the molecule is COc1ncnc(NC(=O)NP(=O)(N2CC2)N2CC2)c1OC. The van der Waals surface area contributed by atoms with Crippen molar-refractivity contribution in [1.82, 2.24) is 24.4 Å². The smallest absolute Gasteiger partial charge is 0.327 e. The Morgan fingerprint density at radius 2 is 1.82 bits per heavy atom. The minimum absolute atomic E-state index is 0.148. The lowest BCUT2D eigenvalue weighted by molar-refractivity contribution is 0.255. The minimum atomic E-state index is -2.99. The Kier molecular flexibility index (Phi) is 3.90. The van der Waals surface area contributed by atoms with Gasteiger partial charge in [0.25, 0.3) is 5.88 Å². The molecule has 1 aromatic rings. The maximum absolute atomic E-state index is 12.8. The molecular weight excluding hydrogens is 311 g/mol. The van der Waals surface area contributed by atoms with Crippen molar-refractivity contribution in [2.75, 3.05) is 45.7 Å². The highest BCUT2D eigenvalue weighted by molar-refractivity contribution is 7.58. The molecule has 2 N–H and O–H groups in total. The predicted octanol–water partition coefficient (Wildman–Crippen LogP) is 0.355. The van der Waals surface area contributed by atoms with E-state index in [0.717, 1.165) is 26.2 Å². The molecule has 0 aliphatic carbocycles. The highest BCUT2D eigenvalue weighted by Gasteiger charge is 2.49. The van der Waals surface area contributed by atoms with Gasteiger partial charge in [0.2, 0.25) is 5.75 Å². The summed E-state index contributed by atoms with van der Waals surface area (Å²) in [7, 11) is -0.135. The average Bonchev–Trinajstić information content (AvgIpc) is 3.39. The lowest BCUT2D eigenvalue weighted by Crippen LogP contribution is -2.31. The molecule has 0 spiro atoms. The van der Waals surface area contributed by atoms with Gasteiger partial charge in [-0.25, -0.2) is 19.1 Å². The molecule has 3 rings (SSSR count). The Morgan fingerprint density at radius 3 is 2.32 bits per heavy atom.